The topological polar surface area (TPSA) is 95.9 Å². The third-order valence-electron chi connectivity index (χ3n) is 15.7. The zero-order valence-corrected chi connectivity index (χ0v) is 50.1. The predicted octanol–water partition coefficient (Wildman–Crippen LogP) is 21.4. The lowest BCUT2D eigenvalue weighted by Crippen LogP contribution is -2.45. The minimum Gasteiger partial charge on any atom is -0.466 e. The first-order valence-corrected chi connectivity index (χ1v) is 33.6. The van der Waals surface area contributed by atoms with E-state index in [0.717, 1.165) is 44.9 Å². The molecule has 6 nitrogen and oxygen atoms in total. The molecule has 0 aliphatic carbocycles. The molecule has 6 heteroatoms. The van der Waals surface area contributed by atoms with Gasteiger partial charge in [-0.15, -0.1) is 0 Å². The van der Waals surface area contributed by atoms with E-state index >= 15 is 0 Å². The highest BCUT2D eigenvalue weighted by atomic mass is 16.5. The van der Waals surface area contributed by atoms with Gasteiger partial charge in [-0.3, -0.25) is 9.59 Å². The lowest BCUT2D eigenvalue weighted by Gasteiger charge is -2.20. The second-order valence-electron chi connectivity index (χ2n) is 23.2. The van der Waals surface area contributed by atoms with Crippen molar-refractivity contribution in [1.29, 1.82) is 0 Å². The van der Waals surface area contributed by atoms with Gasteiger partial charge in [0.2, 0.25) is 5.91 Å². The van der Waals surface area contributed by atoms with Crippen molar-refractivity contribution in [3.05, 3.63) is 24.3 Å². The van der Waals surface area contributed by atoms with Crippen LogP contribution in [0.2, 0.25) is 0 Å². The summed E-state index contributed by atoms with van der Waals surface area (Å²) in [5, 5.41) is 23.2. The van der Waals surface area contributed by atoms with E-state index in [1.54, 1.807) is 6.08 Å². The Morgan fingerprint density at radius 2 is 0.635 bits per heavy atom. The Bertz CT molecular complexity index is 1150. The molecule has 0 aromatic carbocycles. The van der Waals surface area contributed by atoms with Gasteiger partial charge < -0.3 is 20.3 Å². The van der Waals surface area contributed by atoms with Gasteiger partial charge in [-0.05, 0) is 57.8 Å². The highest BCUT2D eigenvalue weighted by Gasteiger charge is 2.18. The number of nitrogens with one attached hydrogen (secondary N) is 1. The van der Waals surface area contributed by atoms with Gasteiger partial charge in [-0.1, -0.05) is 327 Å². The third kappa shape index (κ3) is 59.6. The Morgan fingerprint density at radius 3 is 0.959 bits per heavy atom. The van der Waals surface area contributed by atoms with Gasteiger partial charge in [0, 0.05) is 12.8 Å². The van der Waals surface area contributed by atoms with Crippen molar-refractivity contribution in [2.45, 2.75) is 386 Å². The predicted molar refractivity (Wildman–Crippen MR) is 324 cm³/mol. The molecule has 2 atom stereocenters. The molecular formula is C68H131NO5. The highest BCUT2D eigenvalue weighted by Crippen LogP contribution is 2.18. The number of unbranched alkanes of at least 4 members (excludes halogenated alkanes) is 50. The summed E-state index contributed by atoms with van der Waals surface area (Å²) >= 11 is 0. The molecule has 3 N–H and O–H groups in total. The average molecular weight is 1040 g/mol. The molecule has 0 fully saturated rings. The average Bonchev–Trinajstić information content (AvgIpc) is 3.40. The van der Waals surface area contributed by atoms with Gasteiger partial charge in [-0.25, -0.2) is 0 Å². The maximum atomic E-state index is 12.5. The van der Waals surface area contributed by atoms with Gasteiger partial charge in [0.1, 0.15) is 0 Å². The minimum absolute atomic E-state index is 0.0139. The molecule has 0 spiro atoms. The van der Waals surface area contributed by atoms with Crippen molar-refractivity contribution in [3.8, 4) is 0 Å². The summed E-state index contributed by atoms with van der Waals surface area (Å²) in [6, 6.07) is -0.633. The van der Waals surface area contributed by atoms with E-state index in [1.807, 2.05) is 6.08 Å². The Kier molecular flexibility index (Phi) is 62.4. The number of carbonyl (C=O) groups excluding carboxylic acids is 2. The van der Waals surface area contributed by atoms with Gasteiger partial charge in [-0.2, -0.15) is 0 Å². The Hall–Kier alpha value is -1.66. The summed E-state index contributed by atoms with van der Waals surface area (Å²) in [5.74, 6) is -0.0570. The van der Waals surface area contributed by atoms with Crippen LogP contribution in [0.5, 0.6) is 0 Å². The fourth-order valence-corrected chi connectivity index (χ4v) is 10.6. The van der Waals surface area contributed by atoms with Crippen molar-refractivity contribution >= 4 is 11.9 Å². The monoisotopic (exact) mass is 1040 g/mol. The zero-order chi connectivity index (χ0) is 53.6. The van der Waals surface area contributed by atoms with Crippen LogP contribution >= 0.6 is 0 Å². The summed E-state index contributed by atoms with van der Waals surface area (Å²) in [4.78, 5) is 24.6. The number of allylic oxidation sites excluding steroid dienone is 3. The smallest absolute Gasteiger partial charge is 0.305 e. The van der Waals surface area contributed by atoms with Crippen LogP contribution < -0.4 is 5.32 Å². The highest BCUT2D eigenvalue weighted by molar-refractivity contribution is 5.76. The first-order chi connectivity index (χ1) is 36.5. The summed E-state index contributed by atoms with van der Waals surface area (Å²) in [7, 11) is 0. The van der Waals surface area contributed by atoms with Crippen molar-refractivity contribution in [1.82, 2.24) is 5.32 Å². The summed E-state index contributed by atoms with van der Waals surface area (Å²) in [5.41, 5.74) is 0. The first-order valence-electron chi connectivity index (χ1n) is 33.6. The number of amides is 1. The van der Waals surface area contributed by atoms with Crippen LogP contribution in [0.3, 0.4) is 0 Å². The van der Waals surface area contributed by atoms with Crippen molar-refractivity contribution in [2.24, 2.45) is 0 Å². The second-order valence-corrected chi connectivity index (χ2v) is 23.2. The van der Waals surface area contributed by atoms with Crippen molar-refractivity contribution in [3.63, 3.8) is 0 Å². The molecule has 0 aliphatic rings. The summed E-state index contributed by atoms with van der Waals surface area (Å²) in [6.45, 7) is 4.93. The summed E-state index contributed by atoms with van der Waals surface area (Å²) in [6.07, 6.45) is 79.5. The number of ether oxygens (including phenoxy) is 1. The third-order valence-corrected chi connectivity index (χ3v) is 15.7. The molecule has 0 saturated carbocycles. The van der Waals surface area contributed by atoms with E-state index in [-0.39, 0.29) is 18.5 Å². The van der Waals surface area contributed by atoms with E-state index < -0.39 is 12.1 Å². The molecule has 0 radical (unpaired) electrons. The molecule has 0 saturated heterocycles. The standard InChI is InChI=1S/C68H131NO5/c1-3-5-7-9-11-13-15-17-19-20-21-27-30-33-36-40-44-48-52-56-60-66(71)65(64-70)69-67(72)61-57-53-49-45-41-37-34-31-28-25-23-22-24-26-29-32-35-39-43-47-51-55-59-63-74-68(73)62-58-54-50-46-42-38-18-16-14-12-10-8-6-4-2/h25,28,56,60,65-66,70-71H,3-24,26-27,29-55,57-59,61-64H2,1-2H3,(H,69,72)/b28-25-,60-56+. The van der Waals surface area contributed by atoms with Gasteiger partial charge in [0.25, 0.3) is 0 Å². The lowest BCUT2D eigenvalue weighted by atomic mass is 10.0. The molecule has 438 valence electrons. The molecule has 0 bridgehead atoms. The number of esters is 1. The molecule has 0 aromatic heterocycles. The second kappa shape index (κ2) is 63.9. The molecule has 2 unspecified atom stereocenters. The summed E-state index contributed by atoms with van der Waals surface area (Å²) < 4.78 is 5.49. The van der Waals surface area contributed by atoms with Crippen molar-refractivity contribution in [2.75, 3.05) is 13.2 Å². The van der Waals surface area contributed by atoms with E-state index in [0.29, 0.717) is 19.4 Å². The normalized spacial score (nSPS) is 12.6. The van der Waals surface area contributed by atoms with Crippen LogP contribution in [0.1, 0.15) is 373 Å². The first kappa shape index (κ1) is 72.3. The fraction of sp³-hybridized carbons (Fsp3) is 0.912. The van der Waals surface area contributed by atoms with Gasteiger partial charge in [0.15, 0.2) is 0 Å². The van der Waals surface area contributed by atoms with Gasteiger partial charge in [0.05, 0.1) is 25.4 Å². The van der Waals surface area contributed by atoms with Crippen LogP contribution in [-0.4, -0.2) is 47.4 Å². The number of carbonyl (C=O) groups is 2. The SMILES string of the molecule is CCCCCCCCCCCCCCCCCCCC/C=C/C(O)C(CO)NC(=O)CCCCCCCCC/C=C\CCCCCCCCCCCCCCOC(=O)CCCCCCCCCCCCCCCC. The van der Waals surface area contributed by atoms with E-state index in [1.165, 1.54) is 302 Å². The lowest BCUT2D eigenvalue weighted by molar-refractivity contribution is -0.143. The number of aliphatic hydroxyl groups excluding tert-OH is 2. The van der Waals surface area contributed by atoms with Crippen LogP contribution in [0.4, 0.5) is 0 Å². The molecule has 0 heterocycles. The Balaban J connectivity index is 3.43. The Morgan fingerprint density at radius 1 is 0.365 bits per heavy atom. The van der Waals surface area contributed by atoms with Crippen LogP contribution in [0.15, 0.2) is 24.3 Å². The van der Waals surface area contributed by atoms with Crippen LogP contribution in [0.25, 0.3) is 0 Å². The Labute approximate surface area is 462 Å². The number of aliphatic hydroxyl groups is 2. The quantitative estimate of drug-likeness (QED) is 0.0320. The number of rotatable bonds is 63. The maximum absolute atomic E-state index is 12.5. The number of hydrogen-bond acceptors (Lipinski definition) is 5. The fourth-order valence-electron chi connectivity index (χ4n) is 10.6. The molecule has 74 heavy (non-hydrogen) atoms. The molecule has 0 aliphatic heterocycles. The maximum Gasteiger partial charge on any atom is 0.305 e. The van der Waals surface area contributed by atoms with Crippen molar-refractivity contribution < 1.29 is 24.5 Å². The zero-order valence-electron chi connectivity index (χ0n) is 50.1. The van der Waals surface area contributed by atoms with E-state index in [9.17, 15) is 19.8 Å². The van der Waals surface area contributed by atoms with Crippen LogP contribution in [-0.2, 0) is 14.3 Å². The minimum atomic E-state index is -0.849. The largest absolute Gasteiger partial charge is 0.466 e. The molecular weight excluding hydrogens is 911 g/mol. The van der Waals surface area contributed by atoms with E-state index in [2.05, 4.69) is 31.3 Å². The molecule has 1 amide bonds. The van der Waals surface area contributed by atoms with Crippen LogP contribution in [0, 0.1) is 0 Å². The number of hydrogen-bond donors (Lipinski definition) is 3. The molecule has 0 aromatic rings. The van der Waals surface area contributed by atoms with E-state index in [4.69, 9.17) is 4.74 Å². The molecule has 0 rings (SSSR count). The van der Waals surface area contributed by atoms with Gasteiger partial charge >= 0.3 is 5.97 Å².